The second-order valence-electron chi connectivity index (χ2n) is 4.34. The van der Waals surface area contributed by atoms with Gasteiger partial charge in [-0.1, -0.05) is 28.1 Å². The third-order valence-corrected chi connectivity index (χ3v) is 3.86. The first-order valence-corrected chi connectivity index (χ1v) is 6.38. The van der Waals surface area contributed by atoms with E-state index in [0.717, 1.165) is 22.0 Å². The Morgan fingerprint density at radius 1 is 1.39 bits per heavy atom. The van der Waals surface area contributed by atoms with Crippen molar-refractivity contribution in [2.75, 3.05) is 6.54 Å². The molecule has 1 aliphatic rings. The van der Waals surface area contributed by atoms with Crippen LogP contribution >= 0.6 is 15.9 Å². The lowest BCUT2D eigenvalue weighted by atomic mass is 10.1. The smallest absolute Gasteiger partial charge is 0.304 e. The maximum Gasteiger partial charge on any atom is 0.319 e. The summed E-state index contributed by atoms with van der Waals surface area (Å²) in [5, 5.41) is 2.54. The Bertz CT molecular complexity index is 436. The van der Waals surface area contributed by atoms with Crippen LogP contribution in [0, 0.1) is 0 Å². The third kappa shape index (κ3) is 2.69. The number of nitrogens with one attached hydrogen (secondary N) is 1. The second kappa shape index (κ2) is 5.17. The first kappa shape index (κ1) is 13.8. The van der Waals surface area contributed by atoms with Crippen molar-refractivity contribution in [3.8, 4) is 0 Å². The van der Waals surface area contributed by atoms with Crippen LogP contribution in [0.5, 0.6) is 0 Å². The number of hydrogen-bond donors (Lipinski definition) is 1. The van der Waals surface area contributed by atoms with E-state index in [2.05, 4.69) is 21.2 Å². The molecular weight excluding hydrogens is 314 g/mol. The zero-order chi connectivity index (χ0) is 13.3. The van der Waals surface area contributed by atoms with E-state index in [1.165, 1.54) is 0 Å². The van der Waals surface area contributed by atoms with E-state index in [0.29, 0.717) is 6.42 Å². The molecule has 0 radical (unpaired) electrons. The van der Waals surface area contributed by atoms with E-state index in [1.807, 2.05) is 18.2 Å². The zero-order valence-corrected chi connectivity index (χ0v) is 11.0. The Morgan fingerprint density at radius 3 is 2.78 bits per heavy atom. The van der Waals surface area contributed by atoms with Gasteiger partial charge in [0, 0.05) is 10.5 Å². The number of hydrogen-bond acceptors (Lipinski definition) is 1. The number of rotatable bonds is 4. The van der Waals surface area contributed by atoms with Gasteiger partial charge in [-0.15, -0.1) is 0 Å². The van der Waals surface area contributed by atoms with Crippen molar-refractivity contribution in [3.05, 3.63) is 33.8 Å². The average Bonchev–Trinajstić information content (AvgIpc) is 2.71. The van der Waals surface area contributed by atoms with Crippen LogP contribution in [0.4, 0.5) is 17.6 Å². The van der Waals surface area contributed by atoms with Crippen LogP contribution in [0.2, 0.25) is 0 Å². The van der Waals surface area contributed by atoms with Gasteiger partial charge in [-0.3, -0.25) is 0 Å². The second-order valence-corrected chi connectivity index (χ2v) is 5.20. The van der Waals surface area contributed by atoms with Crippen LogP contribution < -0.4 is 5.32 Å². The minimum Gasteiger partial charge on any atom is -0.304 e. The first-order valence-electron chi connectivity index (χ1n) is 5.58. The fourth-order valence-corrected chi connectivity index (χ4v) is 2.74. The molecule has 0 saturated heterocycles. The lowest BCUT2D eigenvalue weighted by molar-refractivity contribution is -0.126. The van der Waals surface area contributed by atoms with E-state index >= 15 is 0 Å². The lowest BCUT2D eigenvalue weighted by Gasteiger charge is -2.20. The molecule has 1 N–H and O–H groups in total. The minimum absolute atomic E-state index is 0.276. The summed E-state index contributed by atoms with van der Waals surface area (Å²) in [4.78, 5) is 0. The summed E-state index contributed by atoms with van der Waals surface area (Å²) in [5.41, 5.74) is 1.98. The summed E-state index contributed by atoms with van der Waals surface area (Å²) >= 11 is 3.39. The Kier molecular flexibility index (Phi) is 3.96. The van der Waals surface area contributed by atoms with Crippen LogP contribution in [0.15, 0.2) is 22.7 Å². The lowest BCUT2D eigenvalue weighted by Crippen LogP contribution is -2.39. The maximum absolute atomic E-state index is 12.8. The van der Waals surface area contributed by atoms with Crippen molar-refractivity contribution in [2.24, 2.45) is 0 Å². The molecule has 1 aromatic carbocycles. The quantitative estimate of drug-likeness (QED) is 0.827. The fraction of sp³-hybridized carbons (Fsp3) is 0.500. The van der Waals surface area contributed by atoms with Crippen molar-refractivity contribution in [1.29, 1.82) is 0 Å². The standard InChI is InChI=1S/C12H12BrF4N/c13-9-3-1-2-8-7(9)4-5-10(8)18-6-12(16,17)11(14)15/h1-3,10-11,18H,4-6H2. The topological polar surface area (TPSA) is 12.0 Å². The highest BCUT2D eigenvalue weighted by Gasteiger charge is 2.41. The molecule has 6 heteroatoms. The van der Waals surface area contributed by atoms with Crippen LogP contribution in [-0.4, -0.2) is 18.9 Å². The molecule has 0 aliphatic heterocycles. The monoisotopic (exact) mass is 325 g/mol. The number of halogens is 5. The molecule has 100 valence electrons. The Morgan fingerprint density at radius 2 is 2.11 bits per heavy atom. The maximum atomic E-state index is 12.8. The summed E-state index contributed by atoms with van der Waals surface area (Å²) in [6, 6.07) is 5.26. The van der Waals surface area contributed by atoms with Crippen LogP contribution in [0.3, 0.4) is 0 Å². The van der Waals surface area contributed by atoms with Crippen molar-refractivity contribution in [1.82, 2.24) is 5.32 Å². The molecule has 18 heavy (non-hydrogen) atoms. The molecule has 1 atom stereocenters. The Balaban J connectivity index is 2.05. The van der Waals surface area contributed by atoms with Gasteiger partial charge in [-0.05, 0) is 30.0 Å². The highest BCUT2D eigenvalue weighted by atomic mass is 79.9. The SMILES string of the molecule is FC(F)C(F)(F)CNC1CCc2c(Br)cccc21. The molecule has 0 aromatic heterocycles. The molecule has 1 unspecified atom stereocenters. The molecule has 0 amide bonds. The predicted molar refractivity (Wildman–Crippen MR) is 64.2 cm³/mol. The van der Waals surface area contributed by atoms with Gasteiger partial charge in [-0.2, -0.15) is 8.78 Å². The van der Waals surface area contributed by atoms with Crippen LogP contribution in [0.1, 0.15) is 23.6 Å². The first-order chi connectivity index (χ1) is 8.42. The fourth-order valence-electron chi connectivity index (χ4n) is 2.16. The Hall–Kier alpha value is -0.620. The Labute approximate surface area is 111 Å². The highest BCUT2D eigenvalue weighted by Crippen LogP contribution is 2.36. The molecule has 0 spiro atoms. The molecule has 1 aliphatic carbocycles. The summed E-state index contributed by atoms with van der Waals surface area (Å²) in [6.45, 7) is -0.999. The molecule has 0 heterocycles. The summed E-state index contributed by atoms with van der Waals surface area (Å²) in [5.74, 6) is -3.98. The van der Waals surface area contributed by atoms with Crippen LogP contribution in [0.25, 0.3) is 0 Å². The molecule has 1 aromatic rings. The van der Waals surface area contributed by atoms with E-state index in [-0.39, 0.29) is 6.04 Å². The predicted octanol–water partition coefficient (Wildman–Crippen LogP) is 3.93. The molecule has 0 saturated carbocycles. The number of fused-ring (bicyclic) bond motifs is 1. The van der Waals surface area contributed by atoms with Gasteiger partial charge in [0.05, 0.1) is 6.54 Å². The zero-order valence-electron chi connectivity index (χ0n) is 9.40. The van der Waals surface area contributed by atoms with E-state index in [9.17, 15) is 17.6 Å². The third-order valence-electron chi connectivity index (χ3n) is 3.12. The van der Waals surface area contributed by atoms with Crippen LogP contribution in [-0.2, 0) is 6.42 Å². The van der Waals surface area contributed by atoms with Crippen molar-refractivity contribution in [2.45, 2.75) is 31.2 Å². The van der Waals surface area contributed by atoms with E-state index in [1.54, 1.807) is 0 Å². The van der Waals surface area contributed by atoms with Crippen molar-refractivity contribution < 1.29 is 17.6 Å². The van der Waals surface area contributed by atoms with Crippen molar-refractivity contribution in [3.63, 3.8) is 0 Å². The van der Waals surface area contributed by atoms with Gasteiger partial charge in [0.1, 0.15) is 0 Å². The van der Waals surface area contributed by atoms with Gasteiger partial charge in [0.2, 0.25) is 0 Å². The molecule has 2 rings (SSSR count). The van der Waals surface area contributed by atoms with E-state index in [4.69, 9.17) is 0 Å². The molecule has 0 bridgehead atoms. The number of alkyl halides is 4. The molecule has 0 fully saturated rings. The van der Waals surface area contributed by atoms with Gasteiger partial charge in [-0.25, -0.2) is 8.78 Å². The van der Waals surface area contributed by atoms with E-state index < -0.39 is 18.9 Å². The van der Waals surface area contributed by atoms with Gasteiger partial charge < -0.3 is 5.32 Å². The van der Waals surface area contributed by atoms with Gasteiger partial charge in [0.15, 0.2) is 0 Å². The normalized spacial score (nSPS) is 19.3. The van der Waals surface area contributed by atoms with Crippen molar-refractivity contribution >= 4 is 15.9 Å². The minimum atomic E-state index is -3.98. The summed E-state index contributed by atoms with van der Waals surface area (Å²) in [7, 11) is 0. The summed E-state index contributed by atoms with van der Waals surface area (Å²) < 4.78 is 50.7. The average molecular weight is 326 g/mol. The van der Waals surface area contributed by atoms with Gasteiger partial charge in [0.25, 0.3) is 0 Å². The molecule has 1 nitrogen and oxygen atoms in total. The summed E-state index contributed by atoms with van der Waals surface area (Å²) in [6.07, 6.45) is -2.22. The molecular formula is C12H12BrF4N. The largest absolute Gasteiger partial charge is 0.319 e. The number of benzene rings is 1. The van der Waals surface area contributed by atoms with Gasteiger partial charge >= 0.3 is 12.3 Å². The highest BCUT2D eigenvalue weighted by molar-refractivity contribution is 9.10.